The standard InChI is InChI=1S/C43H52O14/c1-4-39(44)50-24-10-7-8-12-26-51-41(46)56-35-15-13-33(14-16-35)40(45)55-37-21-22-38(32(2)27-37)54-31-53-34-17-19-36(20-18-34)57-42(47)52-25-11-6-5-9-23-48-28-43(3)29-49-30-43/h4,13-22,27H,1,5-12,23-26,28-31H2,2-3H3. The summed E-state index contributed by atoms with van der Waals surface area (Å²) in [7, 11) is 0. The van der Waals surface area contributed by atoms with Crippen molar-refractivity contribution in [3.63, 3.8) is 0 Å². The molecule has 57 heavy (non-hydrogen) atoms. The fourth-order valence-electron chi connectivity index (χ4n) is 5.30. The van der Waals surface area contributed by atoms with Crippen LogP contribution in [0.25, 0.3) is 0 Å². The van der Waals surface area contributed by atoms with E-state index in [2.05, 4.69) is 13.5 Å². The third kappa shape index (κ3) is 17.0. The van der Waals surface area contributed by atoms with E-state index in [1.807, 2.05) is 0 Å². The number of unbranched alkanes of at least 4 members (excludes halogenated alkanes) is 6. The second kappa shape index (κ2) is 24.1. The fraction of sp³-hybridized carbons (Fsp3) is 0.442. The summed E-state index contributed by atoms with van der Waals surface area (Å²) in [5.41, 5.74) is 1.13. The fourth-order valence-corrected chi connectivity index (χ4v) is 5.30. The van der Waals surface area contributed by atoms with Crippen molar-refractivity contribution in [2.45, 2.75) is 65.2 Å². The number of benzene rings is 3. The highest BCUT2D eigenvalue weighted by atomic mass is 16.7. The van der Waals surface area contributed by atoms with Crippen LogP contribution in [0.2, 0.25) is 0 Å². The predicted molar refractivity (Wildman–Crippen MR) is 207 cm³/mol. The molecule has 1 saturated heterocycles. The number of hydrogen-bond donors (Lipinski definition) is 0. The lowest BCUT2D eigenvalue weighted by Crippen LogP contribution is -2.43. The molecular formula is C43H52O14. The van der Waals surface area contributed by atoms with E-state index in [1.165, 1.54) is 24.3 Å². The third-order valence-electron chi connectivity index (χ3n) is 8.54. The van der Waals surface area contributed by atoms with Crippen molar-refractivity contribution in [1.82, 2.24) is 0 Å². The number of carbonyl (C=O) groups is 4. The Labute approximate surface area is 333 Å². The molecule has 14 nitrogen and oxygen atoms in total. The first-order valence-electron chi connectivity index (χ1n) is 19.0. The minimum atomic E-state index is -0.851. The maximum Gasteiger partial charge on any atom is 0.513 e. The Bertz CT molecular complexity index is 1720. The van der Waals surface area contributed by atoms with Gasteiger partial charge >= 0.3 is 24.2 Å². The molecule has 3 aromatic rings. The molecule has 1 heterocycles. The number of ether oxygens (including phenoxy) is 10. The Kier molecular flexibility index (Phi) is 18.7. The summed E-state index contributed by atoms with van der Waals surface area (Å²) in [6.07, 6.45) is 6.11. The molecule has 1 aliphatic rings. The largest absolute Gasteiger partial charge is 0.513 e. The van der Waals surface area contributed by atoms with Gasteiger partial charge in [0.1, 0.15) is 28.7 Å². The minimum absolute atomic E-state index is 0.0960. The quantitative estimate of drug-likeness (QED) is 0.0153. The predicted octanol–water partition coefficient (Wildman–Crippen LogP) is 8.56. The van der Waals surface area contributed by atoms with Crippen LogP contribution < -0.4 is 23.7 Å². The SMILES string of the molecule is C=CC(=O)OCCCCCCOC(=O)Oc1ccc(C(=O)Oc2ccc(OCOc3ccc(OC(=O)OCCCCCCOCC4(C)COC4)cc3)c(C)c2)cc1. The lowest BCUT2D eigenvalue weighted by molar-refractivity contribution is -0.138. The summed E-state index contributed by atoms with van der Waals surface area (Å²) in [6, 6.07) is 17.3. The van der Waals surface area contributed by atoms with Gasteiger partial charge in [-0.05, 0) is 124 Å². The van der Waals surface area contributed by atoms with Gasteiger partial charge in [-0.15, -0.1) is 0 Å². The second-order valence-electron chi connectivity index (χ2n) is 13.7. The summed E-state index contributed by atoms with van der Waals surface area (Å²) in [5.74, 6) is 0.829. The smallest absolute Gasteiger partial charge is 0.463 e. The number of carbonyl (C=O) groups excluding carboxylic acids is 4. The third-order valence-corrected chi connectivity index (χ3v) is 8.54. The highest BCUT2D eigenvalue weighted by Crippen LogP contribution is 2.27. The van der Waals surface area contributed by atoms with Gasteiger partial charge in [0.25, 0.3) is 0 Å². The van der Waals surface area contributed by atoms with Gasteiger partial charge in [0.15, 0.2) is 0 Å². The van der Waals surface area contributed by atoms with Crippen molar-refractivity contribution in [2.75, 3.05) is 53.0 Å². The van der Waals surface area contributed by atoms with Crippen LogP contribution in [0, 0.1) is 12.3 Å². The van der Waals surface area contributed by atoms with E-state index >= 15 is 0 Å². The van der Waals surface area contributed by atoms with Crippen LogP contribution in [0.1, 0.15) is 74.2 Å². The molecule has 0 atom stereocenters. The zero-order valence-electron chi connectivity index (χ0n) is 32.7. The maximum absolute atomic E-state index is 12.7. The summed E-state index contributed by atoms with van der Waals surface area (Å²) in [5, 5.41) is 0. The van der Waals surface area contributed by atoms with E-state index < -0.39 is 24.2 Å². The van der Waals surface area contributed by atoms with Gasteiger partial charge in [-0.1, -0.05) is 19.9 Å². The molecule has 0 radical (unpaired) electrons. The molecular weight excluding hydrogens is 740 g/mol. The van der Waals surface area contributed by atoms with Gasteiger partial charge in [0.2, 0.25) is 6.79 Å². The molecule has 0 spiro atoms. The first-order chi connectivity index (χ1) is 27.6. The molecule has 4 rings (SSSR count). The minimum Gasteiger partial charge on any atom is -0.463 e. The average molecular weight is 793 g/mol. The molecule has 0 N–H and O–H groups in total. The van der Waals surface area contributed by atoms with Crippen molar-refractivity contribution in [1.29, 1.82) is 0 Å². The average Bonchev–Trinajstić information content (AvgIpc) is 3.19. The monoisotopic (exact) mass is 792 g/mol. The molecule has 0 bridgehead atoms. The molecule has 308 valence electrons. The van der Waals surface area contributed by atoms with Crippen LogP contribution in [0.5, 0.6) is 28.7 Å². The highest BCUT2D eigenvalue weighted by Gasteiger charge is 2.33. The number of hydrogen-bond acceptors (Lipinski definition) is 14. The van der Waals surface area contributed by atoms with Crippen molar-refractivity contribution < 1.29 is 66.5 Å². The van der Waals surface area contributed by atoms with Gasteiger partial charge in [-0.3, -0.25) is 0 Å². The first-order valence-corrected chi connectivity index (χ1v) is 19.0. The Balaban J connectivity index is 1.05. The zero-order chi connectivity index (χ0) is 40.7. The van der Waals surface area contributed by atoms with Gasteiger partial charge in [-0.25, -0.2) is 19.2 Å². The van der Waals surface area contributed by atoms with Gasteiger partial charge in [-0.2, -0.15) is 0 Å². The van der Waals surface area contributed by atoms with Crippen LogP contribution in [0.3, 0.4) is 0 Å². The van der Waals surface area contributed by atoms with Crippen LogP contribution in [-0.4, -0.2) is 77.3 Å². The van der Waals surface area contributed by atoms with E-state index in [4.69, 9.17) is 47.4 Å². The van der Waals surface area contributed by atoms with Crippen LogP contribution in [0.15, 0.2) is 79.4 Å². The van der Waals surface area contributed by atoms with E-state index in [1.54, 1.807) is 49.4 Å². The topological polar surface area (TPSA) is 161 Å². The molecule has 0 amide bonds. The van der Waals surface area contributed by atoms with Gasteiger partial charge < -0.3 is 47.4 Å². The number of esters is 2. The maximum atomic E-state index is 12.7. The Morgan fingerprint density at radius 2 is 1.18 bits per heavy atom. The van der Waals surface area contributed by atoms with Crippen LogP contribution in [-0.2, 0) is 28.5 Å². The molecule has 1 aliphatic heterocycles. The first kappa shape index (κ1) is 44.1. The van der Waals surface area contributed by atoms with E-state index in [-0.39, 0.29) is 36.7 Å². The van der Waals surface area contributed by atoms with Crippen molar-refractivity contribution in [2.24, 2.45) is 5.41 Å². The highest BCUT2D eigenvalue weighted by molar-refractivity contribution is 5.91. The molecule has 0 aromatic heterocycles. The lowest BCUT2D eigenvalue weighted by atomic mass is 9.90. The van der Waals surface area contributed by atoms with Crippen LogP contribution in [0.4, 0.5) is 9.59 Å². The molecule has 0 unspecified atom stereocenters. The van der Waals surface area contributed by atoms with E-state index in [9.17, 15) is 19.2 Å². The molecule has 1 fully saturated rings. The zero-order valence-corrected chi connectivity index (χ0v) is 32.7. The summed E-state index contributed by atoms with van der Waals surface area (Å²) >= 11 is 0. The van der Waals surface area contributed by atoms with Crippen molar-refractivity contribution in [3.05, 3.63) is 90.5 Å². The Morgan fingerprint density at radius 3 is 1.72 bits per heavy atom. The molecule has 0 saturated carbocycles. The van der Waals surface area contributed by atoms with E-state index in [0.717, 1.165) is 71.0 Å². The second-order valence-corrected chi connectivity index (χ2v) is 13.7. The Hall–Kier alpha value is -5.60. The summed E-state index contributed by atoms with van der Waals surface area (Å²) < 4.78 is 53.5. The molecule has 14 heteroatoms. The number of rotatable bonds is 25. The van der Waals surface area contributed by atoms with Crippen molar-refractivity contribution in [3.8, 4) is 28.7 Å². The van der Waals surface area contributed by atoms with Crippen molar-refractivity contribution >= 4 is 24.2 Å². The van der Waals surface area contributed by atoms with E-state index in [0.29, 0.717) is 48.0 Å². The lowest BCUT2D eigenvalue weighted by Gasteiger charge is -2.37. The summed E-state index contributed by atoms with van der Waals surface area (Å²) in [4.78, 5) is 47.8. The molecule has 3 aromatic carbocycles. The summed E-state index contributed by atoms with van der Waals surface area (Å²) in [6.45, 7) is 11.0. The molecule has 0 aliphatic carbocycles. The van der Waals surface area contributed by atoms with Gasteiger partial charge in [0.05, 0.1) is 45.2 Å². The Morgan fingerprint density at radius 1 is 0.649 bits per heavy atom. The normalized spacial score (nSPS) is 12.7. The number of aryl methyl sites for hydroxylation is 1. The van der Waals surface area contributed by atoms with Crippen LogP contribution >= 0.6 is 0 Å². The van der Waals surface area contributed by atoms with Gasteiger partial charge in [0, 0.05) is 18.1 Å².